The fourth-order valence-electron chi connectivity index (χ4n) is 2.36. The van der Waals surface area contributed by atoms with Gasteiger partial charge in [0.2, 0.25) is 0 Å². The highest BCUT2D eigenvalue weighted by atomic mass is 35.5. The predicted octanol–water partition coefficient (Wildman–Crippen LogP) is 3.12. The van der Waals surface area contributed by atoms with Gasteiger partial charge in [-0.3, -0.25) is 0 Å². The van der Waals surface area contributed by atoms with Gasteiger partial charge in [-0.25, -0.2) is 9.97 Å². The summed E-state index contributed by atoms with van der Waals surface area (Å²) in [5.74, 6) is 1.88. The minimum atomic E-state index is 0.378. The normalized spacial score (nSPS) is 17.4. The zero-order chi connectivity index (χ0) is 15.2. The molecule has 6 heteroatoms. The molecule has 5 nitrogen and oxygen atoms in total. The minimum Gasteiger partial charge on any atom is -0.490 e. The fraction of sp³-hybridized carbons (Fsp3) is 0.375. The van der Waals surface area contributed by atoms with E-state index in [9.17, 15) is 0 Å². The molecule has 1 aliphatic heterocycles. The van der Waals surface area contributed by atoms with Gasteiger partial charge in [-0.1, -0.05) is 23.7 Å². The highest BCUT2D eigenvalue weighted by Gasteiger charge is 2.19. The molecule has 0 bridgehead atoms. The second kappa shape index (κ2) is 7.42. The van der Waals surface area contributed by atoms with E-state index in [1.807, 2.05) is 30.3 Å². The standard InChI is InChI=1S/C16H18ClN3O2/c17-13-3-1-2-4-15(13)22-8-6-18-16-9-14(19-11-20-16)12-5-7-21-10-12/h1-4,9,11-12H,5-8,10H2,(H,18,19,20). The molecular formula is C16H18ClN3O2. The number of aromatic nitrogens is 2. The number of ether oxygens (including phenoxy) is 2. The van der Waals surface area contributed by atoms with Gasteiger partial charge in [-0.15, -0.1) is 0 Å². The van der Waals surface area contributed by atoms with E-state index in [1.54, 1.807) is 6.33 Å². The number of para-hydroxylation sites is 1. The molecule has 0 aliphatic carbocycles. The molecule has 0 amide bonds. The molecule has 1 fully saturated rings. The van der Waals surface area contributed by atoms with E-state index in [0.29, 0.717) is 29.8 Å². The van der Waals surface area contributed by atoms with E-state index >= 15 is 0 Å². The van der Waals surface area contributed by atoms with E-state index in [4.69, 9.17) is 21.1 Å². The molecule has 1 saturated heterocycles. The van der Waals surface area contributed by atoms with Crippen LogP contribution in [0.3, 0.4) is 0 Å². The number of nitrogens with zero attached hydrogens (tertiary/aromatic N) is 2. The molecule has 2 aromatic rings. The molecule has 1 aromatic heterocycles. The zero-order valence-electron chi connectivity index (χ0n) is 12.2. The van der Waals surface area contributed by atoms with Gasteiger partial charge in [0.25, 0.3) is 0 Å². The lowest BCUT2D eigenvalue weighted by Gasteiger charge is -2.11. The van der Waals surface area contributed by atoms with E-state index in [0.717, 1.165) is 31.1 Å². The SMILES string of the molecule is Clc1ccccc1OCCNc1cc(C2CCOC2)ncn1. The van der Waals surface area contributed by atoms with Crippen LogP contribution in [0, 0.1) is 0 Å². The molecule has 1 atom stereocenters. The van der Waals surface area contributed by atoms with Crippen LogP contribution in [0.25, 0.3) is 0 Å². The molecule has 0 saturated carbocycles. The Bertz CT molecular complexity index is 618. The monoisotopic (exact) mass is 319 g/mol. The van der Waals surface area contributed by atoms with Crippen LogP contribution in [-0.4, -0.2) is 36.3 Å². The van der Waals surface area contributed by atoms with Crippen molar-refractivity contribution in [3.8, 4) is 5.75 Å². The van der Waals surface area contributed by atoms with Crippen LogP contribution < -0.4 is 10.1 Å². The van der Waals surface area contributed by atoms with Crippen molar-refractivity contribution in [3.63, 3.8) is 0 Å². The van der Waals surface area contributed by atoms with Crippen LogP contribution in [-0.2, 0) is 4.74 Å². The minimum absolute atomic E-state index is 0.378. The maximum atomic E-state index is 6.04. The summed E-state index contributed by atoms with van der Waals surface area (Å²) in [6.45, 7) is 2.70. The number of hydrogen-bond acceptors (Lipinski definition) is 5. The molecular weight excluding hydrogens is 302 g/mol. The van der Waals surface area contributed by atoms with Crippen LogP contribution in [0.1, 0.15) is 18.0 Å². The van der Waals surface area contributed by atoms with Gasteiger partial charge in [-0.05, 0) is 18.6 Å². The number of benzene rings is 1. The fourth-order valence-corrected chi connectivity index (χ4v) is 2.55. The van der Waals surface area contributed by atoms with Crippen molar-refractivity contribution in [2.75, 3.05) is 31.7 Å². The van der Waals surface area contributed by atoms with E-state index < -0.39 is 0 Å². The lowest BCUT2D eigenvalue weighted by Crippen LogP contribution is -2.13. The number of halogens is 1. The molecule has 0 spiro atoms. The van der Waals surface area contributed by atoms with E-state index in [2.05, 4.69) is 15.3 Å². The largest absolute Gasteiger partial charge is 0.490 e. The molecule has 2 heterocycles. The van der Waals surface area contributed by atoms with Gasteiger partial charge in [-0.2, -0.15) is 0 Å². The summed E-state index contributed by atoms with van der Waals surface area (Å²) in [5.41, 5.74) is 1.03. The smallest absolute Gasteiger partial charge is 0.137 e. The van der Waals surface area contributed by atoms with Crippen LogP contribution in [0.15, 0.2) is 36.7 Å². The first-order chi connectivity index (χ1) is 10.8. The Hall–Kier alpha value is -1.85. The third kappa shape index (κ3) is 3.87. The summed E-state index contributed by atoms with van der Waals surface area (Å²) in [4.78, 5) is 8.56. The summed E-state index contributed by atoms with van der Waals surface area (Å²) in [6, 6.07) is 9.42. The van der Waals surface area contributed by atoms with Crippen LogP contribution >= 0.6 is 11.6 Å². The Labute approximate surface area is 134 Å². The van der Waals surface area contributed by atoms with Crippen molar-refractivity contribution in [2.45, 2.75) is 12.3 Å². The number of nitrogens with one attached hydrogen (secondary N) is 1. The molecule has 1 aromatic carbocycles. The molecule has 116 valence electrons. The Kier molecular flexibility index (Phi) is 5.08. The second-order valence-corrected chi connectivity index (χ2v) is 5.50. The van der Waals surface area contributed by atoms with Crippen LogP contribution in [0.4, 0.5) is 5.82 Å². The van der Waals surface area contributed by atoms with E-state index in [-0.39, 0.29) is 0 Å². The van der Waals surface area contributed by atoms with Gasteiger partial charge >= 0.3 is 0 Å². The number of hydrogen-bond donors (Lipinski definition) is 1. The Morgan fingerprint density at radius 3 is 3.05 bits per heavy atom. The molecule has 1 aliphatic rings. The van der Waals surface area contributed by atoms with Gasteiger partial charge in [0.05, 0.1) is 23.9 Å². The van der Waals surface area contributed by atoms with Gasteiger partial charge in [0, 0.05) is 18.6 Å². The molecule has 3 rings (SSSR count). The lowest BCUT2D eigenvalue weighted by molar-refractivity contribution is 0.193. The first kappa shape index (κ1) is 15.1. The Balaban J connectivity index is 1.49. The second-order valence-electron chi connectivity index (χ2n) is 5.09. The lowest BCUT2D eigenvalue weighted by atomic mass is 10.1. The maximum absolute atomic E-state index is 6.04. The average Bonchev–Trinajstić information content (AvgIpc) is 3.08. The average molecular weight is 320 g/mol. The van der Waals surface area contributed by atoms with E-state index in [1.165, 1.54) is 0 Å². The quantitative estimate of drug-likeness (QED) is 0.829. The first-order valence-corrected chi connectivity index (χ1v) is 7.71. The van der Waals surface area contributed by atoms with Gasteiger partial charge in [0.1, 0.15) is 24.5 Å². The maximum Gasteiger partial charge on any atom is 0.137 e. The predicted molar refractivity (Wildman–Crippen MR) is 85.6 cm³/mol. The summed E-state index contributed by atoms with van der Waals surface area (Å²) in [6.07, 6.45) is 2.61. The summed E-state index contributed by atoms with van der Waals surface area (Å²) >= 11 is 6.04. The Morgan fingerprint density at radius 2 is 2.23 bits per heavy atom. The van der Waals surface area contributed by atoms with Gasteiger partial charge < -0.3 is 14.8 Å². The van der Waals surface area contributed by atoms with Crippen molar-refractivity contribution in [1.82, 2.24) is 9.97 Å². The molecule has 1 N–H and O–H groups in total. The molecule has 22 heavy (non-hydrogen) atoms. The van der Waals surface area contributed by atoms with Crippen LogP contribution in [0.2, 0.25) is 5.02 Å². The van der Waals surface area contributed by atoms with Crippen molar-refractivity contribution >= 4 is 17.4 Å². The summed E-state index contributed by atoms with van der Waals surface area (Å²) in [7, 11) is 0. The zero-order valence-corrected chi connectivity index (χ0v) is 12.9. The Morgan fingerprint density at radius 1 is 1.32 bits per heavy atom. The highest BCUT2D eigenvalue weighted by molar-refractivity contribution is 6.32. The molecule has 0 radical (unpaired) electrons. The van der Waals surface area contributed by atoms with Crippen molar-refractivity contribution in [1.29, 1.82) is 0 Å². The number of rotatable bonds is 6. The molecule has 1 unspecified atom stereocenters. The van der Waals surface area contributed by atoms with Crippen LogP contribution in [0.5, 0.6) is 5.75 Å². The van der Waals surface area contributed by atoms with Gasteiger partial charge in [0.15, 0.2) is 0 Å². The summed E-state index contributed by atoms with van der Waals surface area (Å²) < 4.78 is 11.0. The summed E-state index contributed by atoms with van der Waals surface area (Å²) in [5, 5.41) is 3.86. The van der Waals surface area contributed by atoms with Crippen molar-refractivity contribution in [3.05, 3.63) is 47.4 Å². The van der Waals surface area contributed by atoms with Crippen molar-refractivity contribution in [2.24, 2.45) is 0 Å². The topological polar surface area (TPSA) is 56.3 Å². The third-order valence-corrected chi connectivity index (χ3v) is 3.85. The third-order valence-electron chi connectivity index (χ3n) is 3.54. The number of anilines is 1. The van der Waals surface area contributed by atoms with Crippen molar-refractivity contribution < 1.29 is 9.47 Å². The highest BCUT2D eigenvalue weighted by Crippen LogP contribution is 2.24. The first-order valence-electron chi connectivity index (χ1n) is 7.34.